The van der Waals surface area contributed by atoms with Crippen LogP contribution in [0.2, 0.25) is 0 Å². The van der Waals surface area contributed by atoms with Gasteiger partial charge in [-0.15, -0.1) is 24.0 Å². The van der Waals surface area contributed by atoms with Crippen LogP contribution in [0, 0.1) is 5.41 Å². The molecule has 0 aliphatic heterocycles. The molecule has 0 bridgehead atoms. The molecular weight excluding hydrogens is 365 g/mol. The molecule has 0 saturated carbocycles. The minimum atomic E-state index is 0. The molecule has 0 amide bonds. The molecule has 1 N–H and O–H groups in total. The molecule has 122 valence electrons. The van der Waals surface area contributed by atoms with Crippen LogP contribution < -0.4 is 5.32 Å². The summed E-state index contributed by atoms with van der Waals surface area (Å²) in [6.07, 6.45) is 2.53. The van der Waals surface area contributed by atoms with Crippen molar-refractivity contribution in [1.29, 1.82) is 0 Å². The molecule has 1 unspecified atom stereocenters. The van der Waals surface area contributed by atoms with E-state index in [0.717, 1.165) is 19.0 Å². The molecule has 0 rings (SSSR count). The van der Waals surface area contributed by atoms with E-state index in [1.54, 1.807) is 7.11 Å². The third-order valence-electron chi connectivity index (χ3n) is 3.20. The molecule has 0 saturated heterocycles. The van der Waals surface area contributed by atoms with Crippen molar-refractivity contribution in [2.75, 3.05) is 33.8 Å². The molecule has 0 heterocycles. The Morgan fingerprint density at radius 3 is 2.30 bits per heavy atom. The standard InChI is InChI=1S/C15H33N3O.HI/c1-8-10-11-18(6)14(16-9-2)17-12-13(19-7)15(3,4)5;/h13H,8-12H2,1-7H3,(H,16,17);1H. The zero-order chi connectivity index (χ0) is 14.9. The maximum absolute atomic E-state index is 5.55. The predicted octanol–water partition coefficient (Wildman–Crippen LogP) is 3.36. The summed E-state index contributed by atoms with van der Waals surface area (Å²) >= 11 is 0. The highest BCUT2D eigenvalue weighted by molar-refractivity contribution is 14.0. The van der Waals surface area contributed by atoms with Crippen LogP contribution in [0.1, 0.15) is 47.5 Å². The average molecular weight is 399 g/mol. The molecule has 0 spiro atoms. The quantitative estimate of drug-likeness (QED) is 0.405. The number of aliphatic imine (C=N–C) groups is 1. The lowest BCUT2D eigenvalue weighted by molar-refractivity contribution is 0.0240. The number of hydrogen-bond donors (Lipinski definition) is 1. The van der Waals surface area contributed by atoms with Gasteiger partial charge in [-0.25, -0.2) is 0 Å². The molecule has 20 heavy (non-hydrogen) atoms. The number of methoxy groups -OCH3 is 1. The largest absolute Gasteiger partial charge is 0.379 e. The number of halogens is 1. The third-order valence-corrected chi connectivity index (χ3v) is 3.20. The molecule has 4 nitrogen and oxygen atoms in total. The highest BCUT2D eigenvalue weighted by Gasteiger charge is 2.24. The molecular formula is C15H34IN3O. The van der Waals surface area contributed by atoms with Crippen LogP contribution in [-0.4, -0.2) is 50.8 Å². The Hall–Kier alpha value is -0.0400. The number of rotatable bonds is 7. The summed E-state index contributed by atoms with van der Waals surface area (Å²) in [6, 6.07) is 0. The number of nitrogens with one attached hydrogen (secondary N) is 1. The van der Waals surface area contributed by atoms with E-state index < -0.39 is 0 Å². The first-order valence-corrected chi connectivity index (χ1v) is 7.39. The van der Waals surface area contributed by atoms with Crippen LogP contribution in [0.3, 0.4) is 0 Å². The fourth-order valence-electron chi connectivity index (χ4n) is 1.84. The Bertz CT molecular complexity index is 264. The van der Waals surface area contributed by atoms with Gasteiger partial charge in [0.25, 0.3) is 0 Å². The van der Waals surface area contributed by atoms with Crippen LogP contribution in [0.5, 0.6) is 0 Å². The molecule has 5 heteroatoms. The van der Waals surface area contributed by atoms with Crippen LogP contribution in [0.25, 0.3) is 0 Å². The van der Waals surface area contributed by atoms with Crippen LogP contribution in [0.15, 0.2) is 4.99 Å². The van der Waals surface area contributed by atoms with E-state index in [9.17, 15) is 0 Å². The fraction of sp³-hybridized carbons (Fsp3) is 0.933. The summed E-state index contributed by atoms with van der Waals surface area (Å²) in [7, 11) is 3.86. The minimum Gasteiger partial charge on any atom is -0.379 e. The molecule has 0 aromatic carbocycles. The van der Waals surface area contributed by atoms with Gasteiger partial charge in [0.2, 0.25) is 0 Å². The van der Waals surface area contributed by atoms with Crippen LogP contribution >= 0.6 is 24.0 Å². The van der Waals surface area contributed by atoms with Crippen molar-refractivity contribution in [3.05, 3.63) is 0 Å². The number of ether oxygens (including phenoxy) is 1. The van der Waals surface area contributed by atoms with Gasteiger partial charge in [-0.2, -0.15) is 0 Å². The second-order valence-electron chi connectivity index (χ2n) is 6.06. The number of unbranched alkanes of at least 4 members (excludes halogenated alkanes) is 1. The summed E-state index contributed by atoms with van der Waals surface area (Å²) in [6.45, 7) is 13.5. The normalized spacial score (nSPS) is 13.7. The molecule has 0 aliphatic carbocycles. The summed E-state index contributed by atoms with van der Waals surface area (Å²) in [5, 5.41) is 3.34. The molecule has 0 aromatic rings. The summed E-state index contributed by atoms with van der Waals surface area (Å²) in [5.41, 5.74) is 0.109. The van der Waals surface area contributed by atoms with Crippen molar-refractivity contribution < 1.29 is 4.74 Å². The fourth-order valence-corrected chi connectivity index (χ4v) is 1.84. The van der Waals surface area contributed by atoms with E-state index in [1.165, 1.54) is 12.8 Å². The van der Waals surface area contributed by atoms with Gasteiger partial charge in [0.05, 0.1) is 12.6 Å². The zero-order valence-corrected chi connectivity index (χ0v) is 16.7. The maximum atomic E-state index is 5.55. The van der Waals surface area contributed by atoms with E-state index in [4.69, 9.17) is 9.73 Å². The topological polar surface area (TPSA) is 36.9 Å². The number of hydrogen-bond acceptors (Lipinski definition) is 2. The van der Waals surface area contributed by atoms with Gasteiger partial charge in [-0.3, -0.25) is 4.99 Å². The lowest BCUT2D eigenvalue weighted by Crippen LogP contribution is -2.41. The SMILES string of the molecule is CCCCN(C)C(=NCC(OC)C(C)(C)C)NCC.I. The lowest BCUT2D eigenvalue weighted by Gasteiger charge is -2.29. The van der Waals surface area contributed by atoms with Crippen molar-refractivity contribution in [3.8, 4) is 0 Å². The van der Waals surface area contributed by atoms with Gasteiger partial charge in [0.1, 0.15) is 0 Å². The first kappa shape index (κ1) is 22.2. The molecule has 0 radical (unpaired) electrons. The molecule has 1 atom stereocenters. The van der Waals surface area contributed by atoms with Crippen molar-refractivity contribution in [2.45, 2.75) is 53.6 Å². The summed E-state index contributed by atoms with van der Waals surface area (Å²) in [4.78, 5) is 6.91. The predicted molar refractivity (Wildman–Crippen MR) is 99.2 cm³/mol. The summed E-state index contributed by atoms with van der Waals surface area (Å²) in [5.74, 6) is 0.974. The maximum Gasteiger partial charge on any atom is 0.193 e. The first-order valence-electron chi connectivity index (χ1n) is 7.39. The van der Waals surface area contributed by atoms with Crippen molar-refractivity contribution >= 4 is 29.9 Å². The molecule has 0 aliphatic rings. The Morgan fingerprint density at radius 1 is 1.30 bits per heavy atom. The van der Waals surface area contributed by atoms with Crippen LogP contribution in [0.4, 0.5) is 0 Å². The van der Waals surface area contributed by atoms with Crippen molar-refractivity contribution in [1.82, 2.24) is 10.2 Å². The molecule has 0 fully saturated rings. The van der Waals surface area contributed by atoms with Gasteiger partial charge >= 0.3 is 0 Å². The van der Waals surface area contributed by atoms with E-state index in [0.29, 0.717) is 6.54 Å². The zero-order valence-electron chi connectivity index (χ0n) is 14.3. The highest BCUT2D eigenvalue weighted by atomic mass is 127. The van der Waals surface area contributed by atoms with Gasteiger partial charge in [0, 0.05) is 27.2 Å². The third kappa shape index (κ3) is 9.00. The summed E-state index contributed by atoms with van der Waals surface area (Å²) < 4.78 is 5.55. The van der Waals surface area contributed by atoms with Gasteiger partial charge in [-0.1, -0.05) is 34.1 Å². The second-order valence-corrected chi connectivity index (χ2v) is 6.06. The van der Waals surface area contributed by atoms with E-state index in [1.807, 2.05) is 0 Å². The number of nitrogens with zero attached hydrogens (tertiary/aromatic N) is 2. The smallest absolute Gasteiger partial charge is 0.193 e. The monoisotopic (exact) mass is 399 g/mol. The number of guanidine groups is 1. The van der Waals surface area contributed by atoms with E-state index in [-0.39, 0.29) is 35.5 Å². The minimum absolute atomic E-state index is 0. The first-order chi connectivity index (χ1) is 8.86. The van der Waals surface area contributed by atoms with Gasteiger partial charge in [0.15, 0.2) is 5.96 Å². The van der Waals surface area contributed by atoms with Crippen molar-refractivity contribution in [2.24, 2.45) is 10.4 Å². The lowest BCUT2D eigenvalue weighted by atomic mass is 9.89. The second kappa shape index (κ2) is 11.6. The van der Waals surface area contributed by atoms with Crippen molar-refractivity contribution in [3.63, 3.8) is 0 Å². The molecule has 0 aromatic heterocycles. The van der Waals surface area contributed by atoms with Gasteiger partial charge < -0.3 is 15.0 Å². The highest BCUT2D eigenvalue weighted by Crippen LogP contribution is 2.21. The Kier molecular flexibility index (Phi) is 12.9. The average Bonchev–Trinajstić information content (AvgIpc) is 2.33. The van der Waals surface area contributed by atoms with E-state index >= 15 is 0 Å². The van der Waals surface area contributed by atoms with Gasteiger partial charge in [-0.05, 0) is 18.8 Å². The Labute approximate surface area is 142 Å². The Balaban J connectivity index is 0. The van der Waals surface area contributed by atoms with Crippen LogP contribution in [-0.2, 0) is 4.74 Å². The van der Waals surface area contributed by atoms with E-state index in [2.05, 4.69) is 51.9 Å². The Morgan fingerprint density at radius 2 is 1.90 bits per heavy atom.